The number of carbonyl (C=O) groups is 1. The number of amides is 1. The Labute approximate surface area is 141 Å². The van der Waals surface area contributed by atoms with Gasteiger partial charge in [0.1, 0.15) is 9.71 Å². The van der Waals surface area contributed by atoms with Crippen LogP contribution in [0.2, 0.25) is 0 Å². The third-order valence-corrected chi connectivity index (χ3v) is 5.81. The van der Waals surface area contributed by atoms with Crippen LogP contribution >= 0.6 is 11.3 Å². The maximum absolute atomic E-state index is 12.4. The summed E-state index contributed by atoms with van der Waals surface area (Å²) in [6.07, 6.45) is 8.01. The van der Waals surface area contributed by atoms with Crippen molar-refractivity contribution in [1.29, 1.82) is 0 Å². The van der Waals surface area contributed by atoms with Crippen molar-refractivity contribution < 1.29 is 4.79 Å². The van der Waals surface area contributed by atoms with Crippen LogP contribution in [0.25, 0.3) is 10.2 Å². The second-order valence-electron chi connectivity index (χ2n) is 6.49. The molecule has 0 aliphatic heterocycles. The Balaban J connectivity index is 1.99. The third kappa shape index (κ3) is 3.34. The number of aryl methyl sites for hydroxylation is 2. The minimum absolute atomic E-state index is 0.0766. The van der Waals surface area contributed by atoms with Crippen LogP contribution in [0.5, 0.6) is 0 Å². The van der Waals surface area contributed by atoms with Gasteiger partial charge in [-0.25, -0.2) is 4.98 Å². The molecule has 2 heterocycles. The molecule has 2 aromatic heterocycles. The molecule has 0 radical (unpaired) electrons. The summed E-state index contributed by atoms with van der Waals surface area (Å²) in [4.78, 5) is 18.8. The lowest BCUT2D eigenvalue weighted by Crippen LogP contribution is -2.31. The van der Waals surface area contributed by atoms with Crippen molar-refractivity contribution in [1.82, 2.24) is 10.3 Å². The lowest BCUT2D eigenvalue weighted by atomic mass is 9.96. The largest absolute Gasteiger partial charge is 0.397 e. The van der Waals surface area contributed by atoms with Crippen LogP contribution < -0.4 is 11.1 Å². The zero-order chi connectivity index (χ0) is 16.4. The van der Waals surface area contributed by atoms with Gasteiger partial charge in [-0.15, -0.1) is 11.3 Å². The van der Waals surface area contributed by atoms with E-state index in [1.54, 1.807) is 0 Å². The predicted molar refractivity (Wildman–Crippen MR) is 97.1 cm³/mol. The highest BCUT2D eigenvalue weighted by atomic mass is 32.1. The quantitative estimate of drug-likeness (QED) is 0.891. The van der Waals surface area contributed by atoms with Gasteiger partial charge in [0, 0.05) is 17.1 Å². The molecule has 1 unspecified atom stereocenters. The van der Waals surface area contributed by atoms with Gasteiger partial charge in [0.2, 0.25) is 0 Å². The van der Waals surface area contributed by atoms with Crippen LogP contribution in [0.4, 0.5) is 5.69 Å². The van der Waals surface area contributed by atoms with E-state index < -0.39 is 0 Å². The molecule has 5 heteroatoms. The van der Waals surface area contributed by atoms with E-state index >= 15 is 0 Å². The first kappa shape index (κ1) is 16.2. The number of pyridine rings is 1. The summed E-state index contributed by atoms with van der Waals surface area (Å²) in [6, 6.07) is 2.33. The smallest absolute Gasteiger partial charge is 0.263 e. The molecule has 4 nitrogen and oxygen atoms in total. The standard InChI is InChI=1S/C18H25N3OS/c1-3-11(2)20-17(22)16-15(19)13-10-12-8-6-4-5-7-9-14(12)21-18(13)23-16/h10-11H,3-9,19H2,1-2H3,(H,20,22). The van der Waals surface area contributed by atoms with Crippen molar-refractivity contribution >= 4 is 33.1 Å². The predicted octanol–water partition coefficient (Wildman–Crippen LogP) is 4.07. The van der Waals surface area contributed by atoms with E-state index in [2.05, 4.69) is 18.3 Å². The lowest BCUT2D eigenvalue weighted by molar-refractivity contribution is 0.0944. The lowest BCUT2D eigenvalue weighted by Gasteiger charge is -2.12. The number of nitrogens with zero attached hydrogens (tertiary/aromatic N) is 1. The number of nitrogen functional groups attached to an aromatic ring is 1. The number of aromatic nitrogens is 1. The van der Waals surface area contributed by atoms with Crippen LogP contribution in [0.3, 0.4) is 0 Å². The second kappa shape index (κ2) is 6.87. The van der Waals surface area contributed by atoms with Crippen LogP contribution in [0.1, 0.15) is 66.9 Å². The molecular formula is C18H25N3OS. The molecule has 0 bridgehead atoms. The van der Waals surface area contributed by atoms with Crippen LogP contribution in [0, 0.1) is 0 Å². The molecular weight excluding hydrogens is 306 g/mol. The number of hydrogen-bond acceptors (Lipinski definition) is 4. The molecule has 0 aromatic carbocycles. The maximum Gasteiger partial charge on any atom is 0.263 e. The van der Waals surface area contributed by atoms with Gasteiger partial charge in [-0.2, -0.15) is 0 Å². The van der Waals surface area contributed by atoms with E-state index in [4.69, 9.17) is 10.7 Å². The Hall–Kier alpha value is -1.62. The summed E-state index contributed by atoms with van der Waals surface area (Å²) in [5, 5.41) is 3.95. The zero-order valence-corrected chi connectivity index (χ0v) is 14.8. The van der Waals surface area contributed by atoms with E-state index in [0.717, 1.165) is 29.5 Å². The number of rotatable bonds is 3. The second-order valence-corrected chi connectivity index (χ2v) is 7.49. The van der Waals surface area contributed by atoms with Gasteiger partial charge in [-0.3, -0.25) is 4.79 Å². The number of fused-ring (bicyclic) bond motifs is 2. The molecule has 1 aliphatic carbocycles. The SMILES string of the molecule is CCC(C)NC(=O)c1sc2nc3c(cc2c1N)CCCCCC3. The Morgan fingerprint density at radius 3 is 2.83 bits per heavy atom. The Kier molecular flexibility index (Phi) is 4.85. The zero-order valence-electron chi connectivity index (χ0n) is 13.9. The highest BCUT2D eigenvalue weighted by molar-refractivity contribution is 7.21. The maximum atomic E-state index is 12.4. The average Bonchev–Trinajstić information content (AvgIpc) is 2.83. The first-order chi connectivity index (χ1) is 11.1. The normalized spacial score (nSPS) is 16.4. The first-order valence-corrected chi connectivity index (χ1v) is 9.43. The molecule has 3 N–H and O–H groups in total. The van der Waals surface area contributed by atoms with Crippen LogP contribution in [-0.2, 0) is 12.8 Å². The number of carbonyl (C=O) groups excluding carboxylic acids is 1. The molecule has 1 atom stereocenters. The van der Waals surface area contributed by atoms with Crippen LogP contribution in [0.15, 0.2) is 6.07 Å². The summed E-state index contributed by atoms with van der Waals surface area (Å²) >= 11 is 1.42. The molecule has 2 aromatic rings. The highest BCUT2D eigenvalue weighted by Gasteiger charge is 2.20. The minimum Gasteiger partial charge on any atom is -0.397 e. The summed E-state index contributed by atoms with van der Waals surface area (Å²) in [7, 11) is 0. The Morgan fingerprint density at radius 2 is 2.09 bits per heavy atom. The number of anilines is 1. The average molecular weight is 331 g/mol. The molecule has 23 heavy (non-hydrogen) atoms. The van der Waals surface area contributed by atoms with Gasteiger partial charge in [0.15, 0.2) is 0 Å². The van der Waals surface area contributed by atoms with Crippen molar-refractivity contribution in [2.45, 2.75) is 64.8 Å². The molecule has 124 valence electrons. The van der Waals surface area contributed by atoms with Crippen molar-refractivity contribution in [2.75, 3.05) is 5.73 Å². The summed E-state index contributed by atoms with van der Waals surface area (Å²) in [6.45, 7) is 4.06. The molecule has 1 aliphatic rings. The van der Waals surface area contributed by atoms with Crippen molar-refractivity contribution in [3.05, 3.63) is 22.2 Å². The third-order valence-electron chi connectivity index (χ3n) is 4.70. The Bertz CT molecular complexity index is 723. The van der Waals surface area contributed by atoms with Gasteiger partial charge in [0.05, 0.1) is 5.69 Å². The summed E-state index contributed by atoms with van der Waals surface area (Å²) in [5.74, 6) is -0.0766. The van der Waals surface area contributed by atoms with Gasteiger partial charge in [-0.05, 0) is 50.7 Å². The Morgan fingerprint density at radius 1 is 1.35 bits per heavy atom. The first-order valence-electron chi connectivity index (χ1n) is 8.61. The topological polar surface area (TPSA) is 68.0 Å². The number of hydrogen-bond donors (Lipinski definition) is 2. The van der Waals surface area contributed by atoms with E-state index in [9.17, 15) is 4.79 Å². The van der Waals surface area contributed by atoms with Gasteiger partial charge < -0.3 is 11.1 Å². The van der Waals surface area contributed by atoms with E-state index in [1.165, 1.54) is 48.3 Å². The molecule has 3 rings (SSSR count). The highest BCUT2D eigenvalue weighted by Crippen LogP contribution is 2.35. The van der Waals surface area contributed by atoms with Gasteiger partial charge in [0.25, 0.3) is 5.91 Å². The summed E-state index contributed by atoms with van der Waals surface area (Å²) in [5.41, 5.74) is 9.37. The van der Waals surface area contributed by atoms with Gasteiger partial charge in [-0.1, -0.05) is 19.8 Å². The molecule has 0 fully saturated rings. The fourth-order valence-corrected chi connectivity index (χ4v) is 4.07. The van der Waals surface area contributed by atoms with E-state index in [1.807, 2.05) is 6.92 Å². The number of thiophene rings is 1. The fourth-order valence-electron chi connectivity index (χ4n) is 3.07. The van der Waals surface area contributed by atoms with Crippen molar-refractivity contribution in [2.24, 2.45) is 0 Å². The van der Waals surface area contributed by atoms with E-state index in [0.29, 0.717) is 10.6 Å². The van der Waals surface area contributed by atoms with Gasteiger partial charge >= 0.3 is 0 Å². The molecule has 0 saturated carbocycles. The fraction of sp³-hybridized carbons (Fsp3) is 0.556. The molecule has 1 amide bonds. The molecule has 0 spiro atoms. The number of nitrogens with one attached hydrogen (secondary N) is 1. The van der Waals surface area contributed by atoms with Crippen LogP contribution in [-0.4, -0.2) is 16.9 Å². The minimum atomic E-state index is -0.0766. The summed E-state index contributed by atoms with van der Waals surface area (Å²) < 4.78 is 0. The van der Waals surface area contributed by atoms with Crippen molar-refractivity contribution in [3.8, 4) is 0 Å². The van der Waals surface area contributed by atoms with Crippen molar-refractivity contribution in [3.63, 3.8) is 0 Å². The van der Waals surface area contributed by atoms with E-state index in [-0.39, 0.29) is 11.9 Å². The number of nitrogens with two attached hydrogens (primary N) is 1. The monoisotopic (exact) mass is 331 g/mol. The molecule has 0 saturated heterocycles.